The van der Waals surface area contributed by atoms with Gasteiger partial charge < -0.3 is 4.74 Å². The molecule has 96 valence electrons. The third-order valence-corrected chi connectivity index (χ3v) is 3.45. The number of nitrogens with zero attached hydrogens (tertiary/aromatic N) is 1. The molecule has 0 radical (unpaired) electrons. The molecule has 2 rings (SSSR count). The van der Waals surface area contributed by atoms with Gasteiger partial charge in [0, 0.05) is 17.1 Å². The lowest BCUT2D eigenvalue weighted by Crippen LogP contribution is -2.03. The number of halogens is 1. The second kappa shape index (κ2) is 5.44. The average molecular weight is 265 g/mol. The maximum atomic E-state index is 5.97. The first-order chi connectivity index (χ1) is 8.58. The van der Waals surface area contributed by atoms with Gasteiger partial charge in [-0.1, -0.05) is 11.6 Å². The summed E-state index contributed by atoms with van der Waals surface area (Å²) in [4.78, 5) is 0. The Bertz CT molecular complexity index is 529. The molecule has 18 heavy (non-hydrogen) atoms. The van der Waals surface area contributed by atoms with Crippen molar-refractivity contribution >= 4 is 11.6 Å². The van der Waals surface area contributed by atoms with Crippen LogP contribution in [0, 0.1) is 20.8 Å². The predicted molar refractivity (Wildman–Crippen MR) is 73.4 cm³/mol. The maximum Gasteiger partial charge on any atom is 0.119 e. The van der Waals surface area contributed by atoms with Crippen LogP contribution in [0.1, 0.15) is 22.5 Å². The number of nitrogens with one attached hydrogen (secondary N) is 1. The smallest absolute Gasteiger partial charge is 0.119 e. The van der Waals surface area contributed by atoms with Gasteiger partial charge in [0.05, 0.1) is 12.3 Å². The van der Waals surface area contributed by atoms with Crippen LogP contribution in [0.5, 0.6) is 5.75 Å². The largest absolute Gasteiger partial charge is 0.493 e. The Morgan fingerprint density at radius 3 is 2.67 bits per heavy atom. The van der Waals surface area contributed by atoms with Crippen molar-refractivity contribution in [3.8, 4) is 5.75 Å². The Kier molecular flexibility index (Phi) is 3.92. The zero-order valence-electron chi connectivity index (χ0n) is 10.9. The first-order valence-corrected chi connectivity index (χ1v) is 6.35. The van der Waals surface area contributed by atoms with E-state index in [0.29, 0.717) is 6.61 Å². The van der Waals surface area contributed by atoms with Crippen molar-refractivity contribution in [2.45, 2.75) is 27.2 Å². The van der Waals surface area contributed by atoms with Crippen LogP contribution in [0.15, 0.2) is 18.2 Å². The summed E-state index contributed by atoms with van der Waals surface area (Å²) in [6, 6.07) is 5.71. The summed E-state index contributed by atoms with van der Waals surface area (Å²) in [5.41, 5.74) is 4.43. The van der Waals surface area contributed by atoms with E-state index in [-0.39, 0.29) is 0 Å². The molecule has 0 fully saturated rings. The SMILES string of the molecule is Cc1cc(OCCc2c(C)n[nH]c2C)ccc1Cl. The fourth-order valence-corrected chi connectivity index (χ4v) is 2.04. The van der Waals surface area contributed by atoms with Crippen LogP contribution in [-0.2, 0) is 6.42 Å². The minimum atomic E-state index is 0.641. The number of hydrogen-bond acceptors (Lipinski definition) is 2. The van der Waals surface area contributed by atoms with Gasteiger partial charge >= 0.3 is 0 Å². The number of H-pyrrole nitrogens is 1. The van der Waals surface area contributed by atoms with E-state index in [9.17, 15) is 0 Å². The molecule has 1 aromatic carbocycles. The molecule has 1 N–H and O–H groups in total. The summed E-state index contributed by atoms with van der Waals surface area (Å²) < 4.78 is 5.72. The number of hydrogen-bond donors (Lipinski definition) is 1. The van der Waals surface area contributed by atoms with E-state index in [4.69, 9.17) is 16.3 Å². The number of rotatable bonds is 4. The molecule has 1 aromatic heterocycles. The monoisotopic (exact) mass is 264 g/mol. The van der Waals surface area contributed by atoms with Crippen molar-refractivity contribution in [1.29, 1.82) is 0 Å². The van der Waals surface area contributed by atoms with Crippen molar-refractivity contribution < 1.29 is 4.74 Å². The van der Waals surface area contributed by atoms with Crippen LogP contribution in [0.4, 0.5) is 0 Å². The molecule has 4 heteroatoms. The molecule has 0 saturated carbocycles. The molecule has 0 saturated heterocycles. The van der Waals surface area contributed by atoms with E-state index in [2.05, 4.69) is 10.2 Å². The van der Waals surface area contributed by atoms with Crippen LogP contribution < -0.4 is 4.74 Å². The summed E-state index contributed by atoms with van der Waals surface area (Å²) in [5.74, 6) is 0.857. The van der Waals surface area contributed by atoms with Gasteiger partial charge in [0.25, 0.3) is 0 Å². The average Bonchev–Trinajstić information content (AvgIpc) is 2.65. The van der Waals surface area contributed by atoms with Gasteiger partial charge in [0.1, 0.15) is 5.75 Å². The van der Waals surface area contributed by atoms with Crippen molar-refractivity contribution in [2.24, 2.45) is 0 Å². The quantitative estimate of drug-likeness (QED) is 0.916. The minimum absolute atomic E-state index is 0.641. The fourth-order valence-electron chi connectivity index (χ4n) is 1.92. The Morgan fingerprint density at radius 2 is 2.06 bits per heavy atom. The zero-order valence-corrected chi connectivity index (χ0v) is 11.6. The predicted octanol–water partition coefficient (Wildman–Crippen LogP) is 3.61. The molecular formula is C14H17ClN2O. The van der Waals surface area contributed by atoms with Crippen LogP contribution in [0.2, 0.25) is 5.02 Å². The van der Waals surface area contributed by atoms with Gasteiger partial charge in [-0.05, 0) is 50.1 Å². The second-order valence-corrected chi connectivity index (χ2v) is 4.83. The van der Waals surface area contributed by atoms with E-state index in [0.717, 1.165) is 34.1 Å². The van der Waals surface area contributed by atoms with Crippen molar-refractivity contribution in [2.75, 3.05) is 6.61 Å². The number of aromatic nitrogens is 2. The van der Waals surface area contributed by atoms with Gasteiger partial charge in [-0.2, -0.15) is 5.10 Å². The minimum Gasteiger partial charge on any atom is -0.493 e. The number of benzene rings is 1. The first kappa shape index (κ1) is 13.0. The van der Waals surface area contributed by atoms with Crippen LogP contribution in [-0.4, -0.2) is 16.8 Å². The second-order valence-electron chi connectivity index (χ2n) is 4.42. The van der Waals surface area contributed by atoms with Gasteiger partial charge in [-0.15, -0.1) is 0 Å². The molecule has 0 spiro atoms. The Balaban J connectivity index is 1.94. The van der Waals surface area contributed by atoms with Crippen molar-refractivity contribution in [1.82, 2.24) is 10.2 Å². The van der Waals surface area contributed by atoms with E-state index >= 15 is 0 Å². The van der Waals surface area contributed by atoms with Crippen LogP contribution >= 0.6 is 11.6 Å². The van der Waals surface area contributed by atoms with E-state index in [1.165, 1.54) is 5.56 Å². The Hall–Kier alpha value is -1.48. The standard InChI is InChI=1S/C14H17ClN2O/c1-9-8-12(4-5-14(9)15)18-7-6-13-10(2)16-17-11(13)3/h4-5,8H,6-7H2,1-3H3,(H,16,17). The summed E-state index contributed by atoms with van der Waals surface area (Å²) in [6.07, 6.45) is 0.857. The van der Waals surface area contributed by atoms with Crippen LogP contribution in [0.25, 0.3) is 0 Å². The molecule has 0 bridgehead atoms. The van der Waals surface area contributed by atoms with Gasteiger partial charge in [-0.3, -0.25) is 5.10 Å². The van der Waals surface area contributed by atoms with Crippen molar-refractivity contribution in [3.63, 3.8) is 0 Å². The maximum absolute atomic E-state index is 5.97. The summed E-state index contributed by atoms with van der Waals surface area (Å²) in [5, 5.41) is 7.92. The summed E-state index contributed by atoms with van der Waals surface area (Å²) in [6.45, 7) is 6.65. The fraction of sp³-hybridized carbons (Fsp3) is 0.357. The molecule has 2 aromatic rings. The Morgan fingerprint density at radius 1 is 1.28 bits per heavy atom. The van der Waals surface area contributed by atoms with E-state index in [1.54, 1.807) is 0 Å². The lowest BCUT2D eigenvalue weighted by Gasteiger charge is -2.08. The molecule has 0 atom stereocenters. The highest BCUT2D eigenvalue weighted by Crippen LogP contribution is 2.21. The summed E-state index contributed by atoms with van der Waals surface area (Å²) >= 11 is 5.97. The first-order valence-electron chi connectivity index (χ1n) is 5.97. The molecule has 0 amide bonds. The van der Waals surface area contributed by atoms with Gasteiger partial charge in [0.2, 0.25) is 0 Å². The molecule has 0 aliphatic carbocycles. The van der Waals surface area contributed by atoms with Crippen molar-refractivity contribution in [3.05, 3.63) is 45.7 Å². The van der Waals surface area contributed by atoms with E-state index < -0.39 is 0 Å². The lowest BCUT2D eigenvalue weighted by molar-refractivity contribution is 0.321. The molecular weight excluding hydrogens is 248 g/mol. The Labute approximate surface area is 112 Å². The number of ether oxygens (including phenoxy) is 1. The van der Waals surface area contributed by atoms with Crippen LogP contribution in [0.3, 0.4) is 0 Å². The van der Waals surface area contributed by atoms with Gasteiger partial charge in [0.15, 0.2) is 0 Å². The third kappa shape index (κ3) is 2.85. The molecule has 3 nitrogen and oxygen atoms in total. The molecule has 0 aliphatic rings. The number of aryl methyl sites for hydroxylation is 3. The zero-order chi connectivity index (χ0) is 13.1. The lowest BCUT2D eigenvalue weighted by atomic mass is 10.1. The molecule has 1 heterocycles. The van der Waals surface area contributed by atoms with E-state index in [1.807, 2.05) is 39.0 Å². The van der Waals surface area contributed by atoms with Gasteiger partial charge in [-0.25, -0.2) is 0 Å². The molecule has 0 aliphatic heterocycles. The highest BCUT2D eigenvalue weighted by Gasteiger charge is 2.06. The highest BCUT2D eigenvalue weighted by atomic mass is 35.5. The highest BCUT2D eigenvalue weighted by molar-refractivity contribution is 6.31. The normalized spacial score (nSPS) is 10.7. The number of aromatic amines is 1. The topological polar surface area (TPSA) is 37.9 Å². The third-order valence-electron chi connectivity index (χ3n) is 3.03. The summed E-state index contributed by atoms with van der Waals surface area (Å²) in [7, 11) is 0. The molecule has 0 unspecified atom stereocenters.